The third kappa shape index (κ3) is 2.25. The Kier molecular flexibility index (Phi) is 2.78. The van der Waals surface area contributed by atoms with E-state index < -0.39 is 5.97 Å². The number of rotatable bonds is 3. The van der Waals surface area contributed by atoms with Crippen LogP contribution < -0.4 is 5.56 Å². The number of carboxylic acid groups (broad SMARTS) is 1. The average molecular weight is 234 g/mol. The molecular weight excluding hydrogens is 224 g/mol. The summed E-state index contributed by atoms with van der Waals surface area (Å²) in [6, 6.07) is 4.31. The third-order valence-corrected chi connectivity index (χ3v) is 2.29. The van der Waals surface area contributed by atoms with Crippen molar-refractivity contribution in [1.82, 2.24) is 9.78 Å². The van der Waals surface area contributed by atoms with Crippen LogP contribution in [0.25, 0.3) is 0 Å². The largest absolute Gasteiger partial charge is 0.478 e. The summed E-state index contributed by atoms with van der Waals surface area (Å²) in [6.45, 7) is 1.68. The van der Waals surface area contributed by atoms with E-state index in [-0.39, 0.29) is 17.7 Å². The second-order valence-electron chi connectivity index (χ2n) is 3.51. The Hall–Kier alpha value is -2.37. The number of hydrogen-bond donors (Lipinski definition) is 1. The van der Waals surface area contributed by atoms with E-state index in [0.29, 0.717) is 11.5 Å². The SMILES string of the molecule is Cc1oc(Cn2ncccc2=O)cc1C(=O)O. The molecule has 2 heterocycles. The average Bonchev–Trinajstić information content (AvgIpc) is 2.63. The lowest BCUT2D eigenvalue weighted by atomic mass is 10.2. The molecule has 17 heavy (non-hydrogen) atoms. The van der Waals surface area contributed by atoms with Crippen molar-refractivity contribution in [2.75, 3.05) is 0 Å². The fraction of sp³-hybridized carbons (Fsp3) is 0.182. The summed E-state index contributed by atoms with van der Waals surface area (Å²) in [4.78, 5) is 22.2. The summed E-state index contributed by atoms with van der Waals surface area (Å²) in [5.74, 6) is -0.344. The molecule has 0 aromatic carbocycles. The first-order chi connectivity index (χ1) is 8.08. The van der Waals surface area contributed by atoms with Crippen molar-refractivity contribution in [3.05, 3.63) is 51.8 Å². The zero-order chi connectivity index (χ0) is 12.4. The van der Waals surface area contributed by atoms with Crippen LogP contribution in [0.3, 0.4) is 0 Å². The van der Waals surface area contributed by atoms with Crippen molar-refractivity contribution >= 4 is 5.97 Å². The molecule has 0 unspecified atom stereocenters. The highest BCUT2D eigenvalue weighted by Crippen LogP contribution is 2.14. The minimum Gasteiger partial charge on any atom is -0.478 e. The van der Waals surface area contributed by atoms with Crippen molar-refractivity contribution < 1.29 is 14.3 Å². The molecule has 6 heteroatoms. The monoisotopic (exact) mass is 234 g/mol. The van der Waals surface area contributed by atoms with Gasteiger partial charge in [-0.3, -0.25) is 4.79 Å². The second-order valence-corrected chi connectivity index (χ2v) is 3.51. The molecule has 0 fully saturated rings. The molecule has 0 atom stereocenters. The number of aromatic carboxylic acids is 1. The summed E-state index contributed by atoms with van der Waals surface area (Å²) >= 11 is 0. The van der Waals surface area contributed by atoms with E-state index in [2.05, 4.69) is 5.10 Å². The van der Waals surface area contributed by atoms with Crippen LogP contribution >= 0.6 is 0 Å². The van der Waals surface area contributed by atoms with Crippen LogP contribution in [0.5, 0.6) is 0 Å². The van der Waals surface area contributed by atoms with Gasteiger partial charge in [0.1, 0.15) is 23.6 Å². The minimum absolute atomic E-state index is 0.101. The molecule has 0 aliphatic carbocycles. The highest BCUT2D eigenvalue weighted by molar-refractivity contribution is 5.88. The number of aryl methyl sites for hydroxylation is 1. The lowest BCUT2D eigenvalue weighted by molar-refractivity contribution is 0.0695. The normalized spacial score (nSPS) is 10.4. The molecule has 1 N–H and O–H groups in total. The number of hydrogen-bond acceptors (Lipinski definition) is 4. The van der Waals surface area contributed by atoms with E-state index >= 15 is 0 Å². The first-order valence-corrected chi connectivity index (χ1v) is 4.92. The van der Waals surface area contributed by atoms with Gasteiger partial charge < -0.3 is 9.52 Å². The Morgan fingerprint density at radius 1 is 1.59 bits per heavy atom. The fourth-order valence-electron chi connectivity index (χ4n) is 1.49. The quantitative estimate of drug-likeness (QED) is 0.852. The van der Waals surface area contributed by atoms with Gasteiger partial charge in [-0.05, 0) is 19.1 Å². The number of nitrogens with zero attached hydrogens (tertiary/aromatic N) is 2. The maximum absolute atomic E-state index is 11.4. The Morgan fingerprint density at radius 3 is 2.94 bits per heavy atom. The summed E-state index contributed by atoms with van der Waals surface area (Å²) < 4.78 is 6.45. The van der Waals surface area contributed by atoms with Gasteiger partial charge in [0.2, 0.25) is 0 Å². The Balaban J connectivity index is 2.32. The number of carboxylic acids is 1. The first kappa shape index (κ1) is 11.1. The van der Waals surface area contributed by atoms with Crippen molar-refractivity contribution in [2.24, 2.45) is 0 Å². The van der Waals surface area contributed by atoms with Gasteiger partial charge in [-0.25, -0.2) is 9.48 Å². The topological polar surface area (TPSA) is 85.3 Å². The summed E-state index contributed by atoms with van der Waals surface area (Å²) in [5, 5.41) is 12.7. The molecule has 0 bridgehead atoms. The molecule has 88 valence electrons. The van der Waals surface area contributed by atoms with Crippen molar-refractivity contribution in [1.29, 1.82) is 0 Å². The van der Waals surface area contributed by atoms with Crippen LogP contribution in [-0.4, -0.2) is 20.9 Å². The third-order valence-electron chi connectivity index (χ3n) is 2.29. The smallest absolute Gasteiger partial charge is 0.339 e. The fourth-order valence-corrected chi connectivity index (χ4v) is 1.49. The Labute approximate surface area is 96.1 Å². The van der Waals surface area contributed by atoms with Gasteiger partial charge >= 0.3 is 5.97 Å². The van der Waals surface area contributed by atoms with Crippen molar-refractivity contribution in [3.8, 4) is 0 Å². The second kappa shape index (κ2) is 4.25. The van der Waals surface area contributed by atoms with Crippen molar-refractivity contribution in [2.45, 2.75) is 13.5 Å². The Morgan fingerprint density at radius 2 is 2.35 bits per heavy atom. The van der Waals surface area contributed by atoms with E-state index in [1.165, 1.54) is 29.1 Å². The zero-order valence-corrected chi connectivity index (χ0v) is 9.08. The number of aromatic nitrogens is 2. The molecule has 0 amide bonds. The molecule has 0 saturated heterocycles. The highest BCUT2D eigenvalue weighted by Gasteiger charge is 2.14. The van der Waals surface area contributed by atoms with E-state index in [0.717, 1.165) is 0 Å². The van der Waals surface area contributed by atoms with Gasteiger partial charge in [-0.2, -0.15) is 5.10 Å². The molecule has 2 rings (SSSR count). The summed E-state index contributed by atoms with van der Waals surface area (Å²) in [7, 11) is 0. The van der Waals surface area contributed by atoms with Gasteiger partial charge in [0, 0.05) is 12.3 Å². The van der Waals surface area contributed by atoms with Gasteiger partial charge in [0.25, 0.3) is 5.56 Å². The zero-order valence-electron chi connectivity index (χ0n) is 9.08. The molecule has 0 radical (unpaired) electrons. The lowest BCUT2D eigenvalue weighted by Crippen LogP contribution is -2.21. The molecule has 0 saturated carbocycles. The van der Waals surface area contributed by atoms with Crippen LogP contribution in [-0.2, 0) is 6.54 Å². The first-order valence-electron chi connectivity index (χ1n) is 4.92. The summed E-state index contributed by atoms with van der Waals surface area (Å²) in [6.07, 6.45) is 1.48. The van der Waals surface area contributed by atoms with Gasteiger partial charge in [0.05, 0.1) is 0 Å². The van der Waals surface area contributed by atoms with Gasteiger partial charge in [-0.1, -0.05) is 0 Å². The molecule has 0 aliphatic heterocycles. The van der Waals surface area contributed by atoms with Crippen LogP contribution in [0.1, 0.15) is 21.9 Å². The molecule has 0 aliphatic rings. The molecule has 2 aromatic rings. The van der Waals surface area contributed by atoms with E-state index in [4.69, 9.17) is 9.52 Å². The van der Waals surface area contributed by atoms with Gasteiger partial charge in [0.15, 0.2) is 0 Å². The number of carbonyl (C=O) groups is 1. The molecular formula is C11H10N2O4. The predicted molar refractivity (Wildman–Crippen MR) is 58.0 cm³/mol. The van der Waals surface area contributed by atoms with Crippen LogP contribution in [0.2, 0.25) is 0 Å². The van der Waals surface area contributed by atoms with E-state index in [1.807, 2.05) is 0 Å². The maximum atomic E-state index is 11.4. The molecule has 6 nitrogen and oxygen atoms in total. The van der Waals surface area contributed by atoms with E-state index in [9.17, 15) is 9.59 Å². The van der Waals surface area contributed by atoms with Crippen LogP contribution in [0.4, 0.5) is 0 Å². The predicted octanol–water partition coefficient (Wildman–Crippen LogP) is 0.891. The Bertz CT molecular complexity index is 612. The maximum Gasteiger partial charge on any atom is 0.339 e. The number of furan rings is 1. The van der Waals surface area contributed by atoms with Crippen LogP contribution in [0.15, 0.2) is 33.6 Å². The van der Waals surface area contributed by atoms with E-state index in [1.54, 1.807) is 6.92 Å². The lowest BCUT2D eigenvalue weighted by Gasteiger charge is -1.99. The molecule has 0 spiro atoms. The molecule has 2 aromatic heterocycles. The highest BCUT2D eigenvalue weighted by atomic mass is 16.4. The summed E-state index contributed by atoms with van der Waals surface area (Å²) in [5.41, 5.74) is -0.164. The minimum atomic E-state index is -1.05. The standard InChI is InChI=1S/C11H10N2O4/c1-7-9(11(15)16)5-8(17-7)6-13-10(14)3-2-4-12-13/h2-5H,6H2,1H3,(H,15,16). The van der Waals surface area contributed by atoms with Crippen molar-refractivity contribution in [3.63, 3.8) is 0 Å². The van der Waals surface area contributed by atoms with Crippen LogP contribution in [0, 0.1) is 6.92 Å². The van der Waals surface area contributed by atoms with Gasteiger partial charge in [-0.15, -0.1) is 0 Å².